The van der Waals surface area contributed by atoms with E-state index in [1.807, 2.05) is 30.3 Å². The summed E-state index contributed by atoms with van der Waals surface area (Å²) in [5.74, 6) is 1.42. The molecule has 6 heteroatoms. The summed E-state index contributed by atoms with van der Waals surface area (Å²) < 4.78 is 10.5. The molecule has 0 atom stereocenters. The van der Waals surface area contributed by atoms with E-state index in [1.165, 1.54) is 0 Å². The van der Waals surface area contributed by atoms with Gasteiger partial charge in [-0.25, -0.2) is 0 Å². The molecule has 0 spiro atoms. The van der Waals surface area contributed by atoms with Crippen molar-refractivity contribution in [2.45, 2.75) is 13.0 Å². The summed E-state index contributed by atoms with van der Waals surface area (Å²) in [6, 6.07) is 9.26. The molecule has 0 fully saturated rings. The van der Waals surface area contributed by atoms with Gasteiger partial charge < -0.3 is 20.1 Å². The zero-order valence-corrected chi connectivity index (χ0v) is 13.3. The predicted molar refractivity (Wildman–Crippen MR) is 88.7 cm³/mol. The average Bonchev–Trinajstić information content (AvgIpc) is 2.60. The Morgan fingerprint density at radius 1 is 1.22 bits per heavy atom. The summed E-state index contributed by atoms with van der Waals surface area (Å²) in [5.41, 5.74) is 1.77. The third-order valence-electron chi connectivity index (χ3n) is 3.29. The van der Waals surface area contributed by atoms with Crippen LogP contribution in [0.4, 0.5) is 5.69 Å². The molecule has 0 saturated carbocycles. The number of methoxy groups -OCH3 is 2. The van der Waals surface area contributed by atoms with Crippen LogP contribution in [-0.2, 0) is 11.3 Å². The van der Waals surface area contributed by atoms with E-state index in [2.05, 4.69) is 15.6 Å². The fourth-order valence-electron chi connectivity index (χ4n) is 2.05. The van der Waals surface area contributed by atoms with Crippen molar-refractivity contribution in [2.75, 3.05) is 26.1 Å². The minimum Gasteiger partial charge on any atom is -0.497 e. The topological polar surface area (TPSA) is 72.5 Å². The Hall–Kier alpha value is -2.76. The number of hydrogen-bond donors (Lipinski definition) is 2. The number of anilines is 1. The fraction of sp³-hybridized carbons (Fsp3) is 0.294. The number of carbonyl (C=O) groups is 1. The molecule has 1 amide bonds. The Morgan fingerprint density at radius 2 is 2.09 bits per heavy atom. The normalized spacial score (nSPS) is 10.0. The van der Waals surface area contributed by atoms with Gasteiger partial charge in [0, 0.05) is 38.0 Å². The van der Waals surface area contributed by atoms with Crippen molar-refractivity contribution in [2.24, 2.45) is 0 Å². The van der Waals surface area contributed by atoms with Crippen LogP contribution >= 0.6 is 0 Å². The van der Waals surface area contributed by atoms with Gasteiger partial charge in [-0.15, -0.1) is 0 Å². The zero-order chi connectivity index (χ0) is 16.5. The van der Waals surface area contributed by atoms with E-state index in [0.29, 0.717) is 25.3 Å². The number of nitrogens with one attached hydrogen (secondary N) is 2. The molecular weight excluding hydrogens is 294 g/mol. The highest BCUT2D eigenvalue weighted by Gasteiger charge is 2.06. The fourth-order valence-corrected chi connectivity index (χ4v) is 2.05. The number of ether oxygens (including phenoxy) is 2. The van der Waals surface area contributed by atoms with Crippen LogP contribution in [-0.4, -0.2) is 31.7 Å². The van der Waals surface area contributed by atoms with Crippen molar-refractivity contribution in [3.05, 3.63) is 48.3 Å². The maximum absolute atomic E-state index is 11.9. The summed E-state index contributed by atoms with van der Waals surface area (Å²) in [4.78, 5) is 15.9. The van der Waals surface area contributed by atoms with Gasteiger partial charge in [-0.05, 0) is 23.8 Å². The van der Waals surface area contributed by atoms with Gasteiger partial charge in [-0.2, -0.15) is 0 Å². The van der Waals surface area contributed by atoms with Crippen LogP contribution in [0.3, 0.4) is 0 Å². The van der Waals surface area contributed by atoms with Crippen molar-refractivity contribution in [1.82, 2.24) is 10.3 Å². The van der Waals surface area contributed by atoms with Crippen LogP contribution in [0.1, 0.15) is 12.0 Å². The molecule has 0 unspecified atom stereocenters. The number of pyridine rings is 1. The van der Waals surface area contributed by atoms with Gasteiger partial charge in [0.25, 0.3) is 0 Å². The lowest BCUT2D eigenvalue weighted by Gasteiger charge is -2.12. The monoisotopic (exact) mass is 315 g/mol. The Bertz CT molecular complexity index is 632. The number of hydrogen-bond acceptors (Lipinski definition) is 5. The summed E-state index contributed by atoms with van der Waals surface area (Å²) in [6.45, 7) is 0.984. The van der Waals surface area contributed by atoms with E-state index in [0.717, 1.165) is 17.0 Å². The Labute approximate surface area is 135 Å². The number of amides is 1. The third kappa shape index (κ3) is 5.18. The Morgan fingerprint density at radius 3 is 2.78 bits per heavy atom. The first-order valence-corrected chi connectivity index (χ1v) is 7.34. The molecule has 0 aliphatic carbocycles. The van der Waals surface area contributed by atoms with Gasteiger partial charge in [0.15, 0.2) is 0 Å². The molecule has 1 aromatic heterocycles. The van der Waals surface area contributed by atoms with Gasteiger partial charge in [0.05, 0.1) is 19.9 Å². The predicted octanol–water partition coefficient (Wildman–Crippen LogP) is 2.22. The summed E-state index contributed by atoms with van der Waals surface area (Å²) in [5, 5.41) is 6.05. The van der Waals surface area contributed by atoms with E-state index in [-0.39, 0.29) is 5.91 Å². The number of benzene rings is 1. The lowest BCUT2D eigenvalue weighted by Crippen LogP contribution is -2.24. The van der Waals surface area contributed by atoms with Crippen LogP contribution in [0, 0.1) is 0 Å². The van der Waals surface area contributed by atoms with Crippen molar-refractivity contribution in [3.8, 4) is 11.5 Å². The minimum atomic E-state index is -0.0248. The molecule has 2 aromatic rings. The van der Waals surface area contributed by atoms with Gasteiger partial charge in [-0.1, -0.05) is 6.07 Å². The van der Waals surface area contributed by atoms with Crippen molar-refractivity contribution in [1.29, 1.82) is 0 Å². The molecule has 1 aromatic carbocycles. The highest BCUT2D eigenvalue weighted by Crippen LogP contribution is 2.28. The highest BCUT2D eigenvalue weighted by atomic mass is 16.5. The smallest absolute Gasteiger partial charge is 0.222 e. The molecule has 23 heavy (non-hydrogen) atoms. The maximum Gasteiger partial charge on any atom is 0.222 e. The zero-order valence-electron chi connectivity index (χ0n) is 13.3. The van der Waals surface area contributed by atoms with Crippen LogP contribution < -0.4 is 20.1 Å². The average molecular weight is 315 g/mol. The Balaban J connectivity index is 1.79. The molecule has 0 aliphatic rings. The highest BCUT2D eigenvalue weighted by molar-refractivity contribution is 5.76. The standard InChI is InChI=1S/C17H21N3O3/c1-22-14-5-6-16(23-2)15(10-14)19-9-7-17(21)20-12-13-4-3-8-18-11-13/h3-6,8,10-11,19H,7,9,12H2,1-2H3,(H,20,21). The molecular formula is C17H21N3O3. The quantitative estimate of drug-likeness (QED) is 0.781. The summed E-state index contributed by atoms with van der Waals surface area (Å²) >= 11 is 0. The van der Waals surface area contributed by atoms with E-state index in [9.17, 15) is 4.79 Å². The SMILES string of the molecule is COc1ccc(OC)c(NCCC(=O)NCc2cccnc2)c1. The van der Waals surface area contributed by atoms with E-state index in [4.69, 9.17) is 9.47 Å². The van der Waals surface area contributed by atoms with E-state index >= 15 is 0 Å². The maximum atomic E-state index is 11.9. The van der Waals surface area contributed by atoms with Crippen molar-refractivity contribution >= 4 is 11.6 Å². The second-order valence-electron chi connectivity index (χ2n) is 4.88. The number of carbonyl (C=O) groups excluding carboxylic acids is 1. The molecule has 0 aliphatic heterocycles. The summed E-state index contributed by atoms with van der Waals surface area (Å²) in [6.07, 6.45) is 3.80. The summed E-state index contributed by atoms with van der Waals surface area (Å²) in [7, 11) is 3.21. The van der Waals surface area contributed by atoms with Gasteiger partial charge >= 0.3 is 0 Å². The van der Waals surface area contributed by atoms with Crippen LogP contribution in [0.15, 0.2) is 42.7 Å². The Kier molecular flexibility index (Phi) is 6.23. The van der Waals surface area contributed by atoms with Gasteiger partial charge in [0.2, 0.25) is 5.91 Å². The molecule has 2 rings (SSSR count). The molecule has 6 nitrogen and oxygen atoms in total. The lowest BCUT2D eigenvalue weighted by molar-refractivity contribution is -0.121. The number of nitrogens with zero attached hydrogens (tertiary/aromatic N) is 1. The van der Waals surface area contributed by atoms with Crippen LogP contribution in [0.5, 0.6) is 11.5 Å². The van der Waals surface area contributed by atoms with E-state index < -0.39 is 0 Å². The second kappa shape index (κ2) is 8.63. The van der Waals surface area contributed by atoms with Crippen molar-refractivity contribution < 1.29 is 14.3 Å². The van der Waals surface area contributed by atoms with Crippen molar-refractivity contribution in [3.63, 3.8) is 0 Å². The molecule has 0 bridgehead atoms. The first-order valence-electron chi connectivity index (χ1n) is 7.34. The minimum absolute atomic E-state index is 0.0248. The molecule has 1 heterocycles. The largest absolute Gasteiger partial charge is 0.497 e. The van der Waals surface area contributed by atoms with Gasteiger partial charge in [-0.3, -0.25) is 9.78 Å². The lowest BCUT2D eigenvalue weighted by atomic mass is 10.2. The molecule has 0 radical (unpaired) electrons. The first-order chi connectivity index (χ1) is 11.2. The number of aromatic nitrogens is 1. The molecule has 0 saturated heterocycles. The van der Waals surface area contributed by atoms with Crippen LogP contribution in [0.25, 0.3) is 0 Å². The second-order valence-corrected chi connectivity index (χ2v) is 4.88. The van der Waals surface area contributed by atoms with E-state index in [1.54, 1.807) is 26.6 Å². The first kappa shape index (κ1) is 16.6. The number of rotatable bonds is 8. The molecule has 2 N–H and O–H groups in total. The molecule has 122 valence electrons. The third-order valence-corrected chi connectivity index (χ3v) is 3.29. The van der Waals surface area contributed by atoms with Crippen LogP contribution in [0.2, 0.25) is 0 Å². The van der Waals surface area contributed by atoms with Gasteiger partial charge in [0.1, 0.15) is 11.5 Å².